The van der Waals surface area contributed by atoms with Crippen LogP contribution in [0.15, 0.2) is 42.6 Å². The van der Waals surface area contributed by atoms with Crippen LogP contribution in [0.1, 0.15) is 11.8 Å². The molecule has 1 atom stereocenters. The third-order valence-electron chi connectivity index (χ3n) is 3.22. The second kappa shape index (κ2) is 5.70. The highest BCUT2D eigenvalue weighted by atomic mass is 35.5. The van der Waals surface area contributed by atoms with Gasteiger partial charge >= 0.3 is 0 Å². The van der Waals surface area contributed by atoms with Crippen LogP contribution in [0, 0.1) is 0 Å². The van der Waals surface area contributed by atoms with Crippen molar-refractivity contribution in [2.24, 2.45) is 0 Å². The molecule has 0 saturated carbocycles. The molecule has 1 N–H and O–H groups in total. The first-order valence-corrected chi connectivity index (χ1v) is 6.75. The van der Waals surface area contributed by atoms with E-state index in [1.807, 2.05) is 36.5 Å². The maximum atomic E-state index is 5.89. The van der Waals surface area contributed by atoms with Gasteiger partial charge in [-0.2, -0.15) is 0 Å². The van der Waals surface area contributed by atoms with Gasteiger partial charge in [0.25, 0.3) is 0 Å². The third kappa shape index (κ3) is 2.95. The molecule has 1 aromatic carbocycles. The van der Waals surface area contributed by atoms with Gasteiger partial charge in [0.2, 0.25) is 0 Å². The molecule has 1 aliphatic rings. The molecule has 1 aromatic heterocycles. The lowest BCUT2D eigenvalue weighted by molar-refractivity contribution is 0.0250. The zero-order valence-electron chi connectivity index (χ0n) is 10.5. The molecule has 2 aromatic rings. The molecule has 1 unspecified atom stereocenters. The van der Waals surface area contributed by atoms with Crippen LogP contribution in [0.3, 0.4) is 0 Å². The lowest BCUT2D eigenvalue weighted by atomic mass is 10.1. The lowest BCUT2D eigenvalue weighted by Crippen LogP contribution is -2.33. The molecule has 0 spiro atoms. The zero-order valence-corrected chi connectivity index (χ0v) is 11.2. The number of nitrogens with zero attached hydrogens (tertiary/aromatic N) is 1. The summed E-state index contributed by atoms with van der Waals surface area (Å²) in [4.78, 5) is 4.50. The summed E-state index contributed by atoms with van der Waals surface area (Å²) in [6, 6.07) is 11.9. The molecular formula is C15H15ClN2O. The first kappa shape index (κ1) is 12.6. The van der Waals surface area contributed by atoms with Gasteiger partial charge in [0, 0.05) is 29.9 Å². The zero-order chi connectivity index (χ0) is 13.1. The minimum absolute atomic E-state index is 0.0630. The molecule has 2 heterocycles. The highest BCUT2D eigenvalue weighted by Gasteiger charge is 2.16. The Morgan fingerprint density at radius 1 is 1.11 bits per heavy atom. The predicted octanol–water partition coefficient (Wildman–Crippen LogP) is 3.06. The molecule has 0 amide bonds. The minimum Gasteiger partial charge on any atom is -0.369 e. The Labute approximate surface area is 117 Å². The fourth-order valence-electron chi connectivity index (χ4n) is 2.16. The summed E-state index contributed by atoms with van der Waals surface area (Å²) in [5, 5.41) is 4.05. The molecule has 0 aliphatic carbocycles. The van der Waals surface area contributed by atoms with E-state index in [1.165, 1.54) is 0 Å². The Hall–Kier alpha value is -1.42. The monoisotopic (exact) mass is 274 g/mol. The highest BCUT2D eigenvalue weighted by molar-refractivity contribution is 6.30. The third-order valence-corrected chi connectivity index (χ3v) is 3.47. The molecule has 3 nitrogen and oxygen atoms in total. The van der Waals surface area contributed by atoms with Crippen molar-refractivity contribution in [2.75, 3.05) is 19.7 Å². The number of ether oxygens (including phenoxy) is 1. The average molecular weight is 275 g/mol. The van der Waals surface area contributed by atoms with E-state index in [0.29, 0.717) is 0 Å². The topological polar surface area (TPSA) is 34.1 Å². The Morgan fingerprint density at radius 2 is 1.89 bits per heavy atom. The summed E-state index contributed by atoms with van der Waals surface area (Å²) in [5.41, 5.74) is 3.18. The van der Waals surface area contributed by atoms with Gasteiger partial charge in [-0.25, -0.2) is 0 Å². The first-order valence-electron chi connectivity index (χ1n) is 6.37. The van der Waals surface area contributed by atoms with Crippen molar-refractivity contribution in [3.05, 3.63) is 53.3 Å². The molecule has 3 rings (SSSR count). The summed E-state index contributed by atoms with van der Waals surface area (Å²) in [5.74, 6) is 0. The number of halogens is 1. The molecule has 1 saturated heterocycles. The Kier molecular flexibility index (Phi) is 3.78. The van der Waals surface area contributed by atoms with Gasteiger partial charge in [-0.1, -0.05) is 29.8 Å². The van der Waals surface area contributed by atoms with Crippen molar-refractivity contribution < 1.29 is 4.74 Å². The van der Waals surface area contributed by atoms with Crippen LogP contribution < -0.4 is 5.32 Å². The fourth-order valence-corrected chi connectivity index (χ4v) is 2.29. The maximum Gasteiger partial charge on any atom is 0.112 e. The van der Waals surface area contributed by atoms with Crippen LogP contribution in [-0.2, 0) is 4.74 Å². The van der Waals surface area contributed by atoms with Crippen LogP contribution in [0.5, 0.6) is 0 Å². The standard InChI is InChI=1S/C15H15ClN2O/c16-13-4-1-11(2-5-13)12-3-6-14(18-9-12)15-10-17-7-8-19-15/h1-6,9,15,17H,7-8,10H2. The van der Waals surface area contributed by atoms with Gasteiger partial charge in [-0.15, -0.1) is 0 Å². The van der Waals surface area contributed by atoms with E-state index in [0.717, 1.165) is 41.5 Å². The summed E-state index contributed by atoms with van der Waals surface area (Å²) < 4.78 is 5.68. The van der Waals surface area contributed by atoms with E-state index in [4.69, 9.17) is 16.3 Å². The molecule has 4 heteroatoms. The van der Waals surface area contributed by atoms with Crippen LogP contribution in [0.25, 0.3) is 11.1 Å². The largest absolute Gasteiger partial charge is 0.369 e. The van der Waals surface area contributed by atoms with Crippen LogP contribution in [-0.4, -0.2) is 24.7 Å². The van der Waals surface area contributed by atoms with Gasteiger partial charge in [0.05, 0.1) is 12.3 Å². The van der Waals surface area contributed by atoms with Gasteiger partial charge < -0.3 is 10.1 Å². The van der Waals surface area contributed by atoms with Gasteiger partial charge in [0.1, 0.15) is 6.10 Å². The Morgan fingerprint density at radius 3 is 2.53 bits per heavy atom. The van der Waals surface area contributed by atoms with Crippen molar-refractivity contribution in [1.82, 2.24) is 10.3 Å². The van der Waals surface area contributed by atoms with Gasteiger partial charge in [0.15, 0.2) is 0 Å². The molecule has 19 heavy (non-hydrogen) atoms. The number of hydrogen-bond donors (Lipinski definition) is 1. The summed E-state index contributed by atoms with van der Waals surface area (Å²) in [6.07, 6.45) is 1.95. The van der Waals surface area contributed by atoms with Crippen LogP contribution >= 0.6 is 11.6 Å². The van der Waals surface area contributed by atoms with Crippen molar-refractivity contribution in [3.8, 4) is 11.1 Å². The van der Waals surface area contributed by atoms with E-state index in [1.54, 1.807) is 0 Å². The minimum atomic E-state index is 0.0630. The first-order chi connectivity index (χ1) is 9.33. The molecule has 1 aliphatic heterocycles. The van der Waals surface area contributed by atoms with Crippen LogP contribution in [0.4, 0.5) is 0 Å². The van der Waals surface area contributed by atoms with Gasteiger partial charge in [-0.3, -0.25) is 4.98 Å². The molecule has 98 valence electrons. The summed E-state index contributed by atoms with van der Waals surface area (Å²) in [7, 11) is 0. The second-order valence-corrected chi connectivity index (χ2v) is 4.98. The average Bonchev–Trinajstić information content (AvgIpc) is 2.49. The predicted molar refractivity (Wildman–Crippen MR) is 76.2 cm³/mol. The molecule has 1 fully saturated rings. The van der Waals surface area contributed by atoms with Crippen molar-refractivity contribution in [2.45, 2.75) is 6.10 Å². The van der Waals surface area contributed by atoms with Crippen molar-refractivity contribution in [1.29, 1.82) is 0 Å². The van der Waals surface area contributed by atoms with Crippen molar-refractivity contribution in [3.63, 3.8) is 0 Å². The summed E-state index contributed by atoms with van der Waals surface area (Å²) >= 11 is 5.89. The van der Waals surface area contributed by atoms with Crippen molar-refractivity contribution >= 4 is 11.6 Å². The SMILES string of the molecule is Clc1ccc(-c2ccc(C3CNCCO3)nc2)cc1. The van der Waals surface area contributed by atoms with E-state index in [9.17, 15) is 0 Å². The number of nitrogens with one attached hydrogen (secondary N) is 1. The highest BCUT2D eigenvalue weighted by Crippen LogP contribution is 2.23. The van der Waals surface area contributed by atoms with E-state index in [2.05, 4.69) is 16.4 Å². The summed E-state index contributed by atoms with van der Waals surface area (Å²) in [6.45, 7) is 2.48. The molecule has 0 bridgehead atoms. The van der Waals surface area contributed by atoms with E-state index >= 15 is 0 Å². The van der Waals surface area contributed by atoms with Gasteiger partial charge in [-0.05, 0) is 23.8 Å². The quantitative estimate of drug-likeness (QED) is 0.914. The maximum absolute atomic E-state index is 5.89. The van der Waals surface area contributed by atoms with Crippen LogP contribution in [0.2, 0.25) is 5.02 Å². The van der Waals surface area contributed by atoms with E-state index < -0.39 is 0 Å². The number of rotatable bonds is 2. The number of aromatic nitrogens is 1. The second-order valence-electron chi connectivity index (χ2n) is 4.54. The normalized spacial score (nSPS) is 19.3. The number of pyridine rings is 1. The Balaban J connectivity index is 1.80. The Bertz CT molecular complexity index is 533. The molecule has 0 radical (unpaired) electrons. The van der Waals surface area contributed by atoms with E-state index in [-0.39, 0.29) is 6.10 Å². The number of morpholine rings is 1. The smallest absolute Gasteiger partial charge is 0.112 e. The number of hydrogen-bond acceptors (Lipinski definition) is 3. The lowest BCUT2D eigenvalue weighted by Gasteiger charge is -2.23. The molecular weight excluding hydrogens is 260 g/mol. The number of benzene rings is 1. The fraction of sp³-hybridized carbons (Fsp3) is 0.267.